The van der Waals surface area contributed by atoms with E-state index in [0.29, 0.717) is 16.8 Å². The van der Waals surface area contributed by atoms with Crippen LogP contribution in [-0.4, -0.2) is 16.8 Å². The number of aromatic nitrogens is 1. The molecule has 0 amide bonds. The number of hydrogen-bond donors (Lipinski definition) is 0. The van der Waals surface area contributed by atoms with Crippen molar-refractivity contribution in [3.63, 3.8) is 0 Å². The zero-order valence-electron chi connectivity index (χ0n) is 13.2. The lowest BCUT2D eigenvalue weighted by Gasteiger charge is -2.10. The zero-order valence-corrected chi connectivity index (χ0v) is 13.2. The van der Waals surface area contributed by atoms with E-state index in [0.717, 1.165) is 28.0 Å². The van der Waals surface area contributed by atoms with Gasteiger partial charge in [0, 0.05) is 22.2 Å². The first kappa shape index (κ1) is 14.4. The second-order valence-corrected chi connectivity index (χ2v) is 5.80. The van der Waals surface area contributed by atoms with Crippen LogP contribution in [0.2, 0.25) is 0 Å². The Hall–Kier alpha value is -3.20. The van der Waals surface area contributed by atoms with Crippen LogP contribution in [0.15, 0.2) is 66.7 Å². The van der Waals surface area contributed by atoms with E-state index in [2.05, 4.69) is 0 Å². The van der Waals surface area contributed by atoms with Crippen LogP contribution >= 0.6 is 0 Å². The molecule has 24 heavy (non-hydrogen) atoms. The van der Waals surface area contributed by atoms with Gasteiger partial charge in [-0.05, 0) is 29.8 Å². The predicted molar refractivity (Wildman–Crippen MR) is 95.7 cm³/mol. The third-order valence-electron chi connectivity index (χ3n) is 4.50. The van der Waals surface area contributed by atoms with Crippen LogP contribution in [0.3, 0.4) is 0 Å². The van der Waals surface area contributed by atoms with Crippen molar-refractivity contribution in [2.24, 2.45) is 0 Å². The van der Waals surface area contributed by atoms with Gasteiger partial charge in [-0.15, -0.1) is 0 Å². The van der Waals surface area contributed by atoms with Gasteiger partial charge in [0.2, 0.25) is 0 Å². The fourth-order valence-corrected chi connectivity index (χ4v) is 3.34. The number of carbonyl (C=O) groups is 2. The average molecular weight is 313 g/mol. The number of fused-ring (bicyclic) bond motifs is 2. The van der Waals surface area contributed by atoms with Gasteiger partial charge in [-0.2, -0.15) is 0 Å². The molecular formula is C21H15NO2. The maximum Gasteiger partial charge on any atom is 0.263 e. The summed E-state index contributed by atoms with van der Waals surface area (Å²) >= 11 is 0. The first-order valence-electron chi connectivity index (χ1n) is 7.80. The first-order valence-corrected chi connectivity index (χ1v) is 7.80. The average Bonchev–Trinajstić information content (AvgIpc) is 2.91. The second kappa shape index (κ2) is 5.46. The van der Waals surface area contributed by atoms with Crippen LogP contribution < -0.4 is 0 Å². The molecule has 1 aromatic heterocycles. The number of benzene rings is 3. The quantitative estimate of drug-likeness (QED) is 0.507. The van der Waals surface area contributed by atoms with Gasteiger partial charge in [0.1, 0.15) is 0 Å². The summed E-state index contributed by atoms with van der Waals surface area (Å²) in [4.78, 5) is 24.8. The molecule has 0 atom stereocenters. The van der Waals surface area contributed by atoms with E-state index in [1.807, 2.05) is 73.7 Å². The lowest BCUT2D eigenvalue weighted by Crippen LogP contribution is -2.14. The molecule has 3 nitrogen and oxygen atoms in total. The fourth-order valence-electron chi connectivity index (χ4n) is 3.34. The molecule has 0 aliphatic rings. The van der Waals surface area contributed by atoms with Crippen LogP contribution in [0.25, 0.3) is 21.7 Å². The molecule has 3 heteroatoms. The van der Waals surface area contributed by atoms with Gasteiger partial charge in [0.05, 0.1) is 5.52 Å². The normalized spacial score (nSPS) is 11.0. The van der Waals surface area contributed by atoms with Gasteiger partial charge in [0.15, 0.2) is 6.29 Å². The number of nitrogens with zero attached hydrogens (tertiary/aromatic N) is 1. The minimum absolute atomic E-state index is 0.117. The summed E-state index contributed by atoms with van der Waals surface area (Å²) in [6.07, 6.45) is 0.824. The summed E-state index contributed by atoms with van der Waals surface area (Å²) in [6.45, 7) is 1.81. The third kappa shape index (κ3) is 1.98. The molecule has 116 valence electrons. The largest absolute Gasteiger partial charge is 0.298 e. The fraction of sp³-hybridized carbons (Fsp3) is 0.0476. The highest BCUT2D eigenvalue weighted by Crippen LogP contribution is 2.27. The van der Waals surface area contributed by atoms with E-state index in [-0.39, 0.29) is 5.91 Å². The Morgan fingerprint density at radius 1 is 0.875 bits per heavy atom. The van der Waals surface area contributed by atoms with Crippen molar-refractivity contribution in [2.75, 3.05) is 0 Å². The van der Waals surface area contributed by atoms with Gasteiger partial charge < -0.3 is 0 Å². The van der Waals surface area contributed by atoms with Crippen LogP contribution in [0.1, 0.15) is 26.4 Å². The highest BCUT2D eigenvalue weighted by atomic mass is 16.2. The van der Waals surface area contributed by atoms with Crippen LogP contribution in [0, 0.1) is 6.92 Å². The van der Waals surface area contributed by atoms with Gasteiger partial charge >= 0.3 is 0 Å². The molecule has 0 saturated heterocycles. The van der Waals surface area contributed by atoms with Gasteiger partial charge in [-0.3, -0.25) is 14.2 Å². The Morgan fingerprint density at radius 2 is 1.54 bits per heavy atom. The molecule has 0 spiro atoms. The molecule has 4 aromatic rings. The topological polar surface area (TPSA) is 39.1 Å². The highest BCUT2D eigenvalue weighted by molar-refractivity contribution is 6.13. The first-order chi connectivity index (χ1) is 11.7. The van der Waals surface area contributed by atoms with Crippen LogP contribution in [0.5, 0.6) is 0 Å². The smallest absolute Gasteiger partial charge is 0.263 e. The molecule has 0 aliphatic carbocycles. The number of rotatable bonds is 2. The highest BCUT2D eigenvalue weighted by Gasteiger charge is 2.20. The molecule has 0 saturated carbocycles. The van der Waals surface area contributed by atoms with Crippen LogP contribution in [-0.2, 0) is 0 Å². The molecule has 1 heterocycles. The van der Waals surface area contributed by atoms with Crippen molar-refractivity contribution < 1.29 is 9.59 Å². The van der Waals surface area contributed by atoms with E-state index < -0.39 is 0 Å². The molecule has 4 rings (SSSR count). The molecule has 0 N–H and O–H groups in total. The van der Waals surface area contributed by atoms with Crippen molar-refractivity contribution in [1.29, 1.82) is 0 Å². The molecule has 0 bridgehead atoms. The van der Waals surface area contributed by atoms with E-state index in [9.17, 15) is 9.59 Å². The van der Waals surface area contributed by atoms with Gasteiger partial charge in [0.25, 0.3) is 5.91 Å². The lowest BCUT2D eigenvalue weighted by molar-refractivity contribution is 0.0964. The van der Waals surface area contributed by atoms with Gasteiger partial charge in [-0.1, -0.05) is 54.6 Å². The molecule has 3 aromatic carbocycles. The minimum Gasteiger partial charge on any atom is -0.298 e. The van der Waals surface area contributed by atoms with Crippen molar-refractivity contribution in [3.05, 3.63) is 83.6 Å². The monoisotopic (exact) mass is 313 g/mol. The summed E-state index contributed by atoms with van der Waals surface area (Å²) in [6, 6.07) is 21.0. The Balaban J connectivity index is 2.03. The predicted octanol–water partition coefficient (Wildman–Crippen LogP) is 4.60. The Bertz CT molecular complexity index is 1100. The standard InChI is InChI=1S/C21H15NO2/c1-14-19(13-23)17-10-4-5-12-20(17)22(14)21(24)18-11-6-8-15-7-2-3-9-16(15)18/h2-13H,1H3. The van der Waals surface area contributed by atoms with Crippen molar-refractivity contribution in [3.8, 4) is 0 Å². The van der Waals surface area contributed by atoms with E-state index in [4.69, 9.17) is 0 Å². The van der Waals surface area contributed by atoms with Gasteiger partial charge in [-0.25, -0.2) is 0 Å². The molecule has 0 aliphatic heterocycles. The molecule has 0 fully saturated rings. The zero-order chi connectivity index (χ0) is 16.7. The lowest BCUT2D eigenvalue weighted by atomic mass is 10.0. The third-order valence-corrected chi connectivity index (χ3v) is 4.50. The number of carbonyl (C=O) groups excluding carboxylic acids is 2. The summed E-state index contributed by atoms with van der Waals surface area (Å²) < 4.78 is 1.64. The Labute approximate surface area is 139 Å². The second-order valence-electron chi connectivity index (χ2n) is 5.80. The maximum absolute atomic E-state index is 13.3. The maximum atomic E-state index is 13.3. The van der Waals surface area contributed by atoms with E-state index in [1.54, 1.807) is 4.57 Å². The van der Waals surface area contributed by atoms with Crippen molar-refractivity contribution in [2.45, 2.75) is 6.92 Å². The van der Waals surface area contributed by atoms with E-state index in [1.165, 1.54) is 0 Å². The summed E-state index contributed by atoms with van der Waals surface area (Å²) in [5, 5.41) is 2.74. The van der Waals surface area contributed by atoms with Crippen molar-refractivity contribution in [1.82, 2.24) is 4.57 Å². The summed E-state index contributed by atoms with van der Waals surface area (Å²) in [7, 11) is 0. The SMILES string of the molecule is Cc1c(C=O)c2ccccc2n1C(=O)c1cccc2ccccc12. The Morgan fingerprint density at radius 3 is 2.33 bits per heavy atom. The molecular weight excluding hydrogens is 298 g/mol. The molecule has 0 radical (unpaired) electrons. The summed E-state index contributed by atoms with van der Waals surface area (Å²) in [5.41, 5.74) is 2.63. The van der Waals surface area contributed by atoms with Crippen LogP contribution in [0.4, 0.5) is 0 Å². The van der Waals surface area contributed by atoms with Crippen molar-refractivity contribution >= 4 is 33.9 Å². The Kier molecular flexibility index (Phi) is 3.28. The number of aldehydes is 1. The van der Waals surface area contributed by atoms with E-state index >= 15 is 0 Å². The summed E-state index contributed by atoms with van der Waals surface area (Å²) in [5.74, 6) is -0.117. The number of para-hydroxylation sites is 1. The number of hydrogen-bond acceptors (Lipinski definition) is 2. The molecule has 0 unspecified atom stereocenters. The minimum atomic E-state index is -0.117.